The highest BCUT2D eigenvalue weighted by Crippen LogP contribution is 2.51. The van der Waals surface area contributed by atoms with Crippen molar-refractivity contribution >= 4 is 27.1 Å². The van der Waals surface area contributed by atoms with Crippen LogP contribution in [0, 0.1) is 11.2 Å². The molecule has 0 atom stereocenters. The minimum atomic E-state index is -3.07. The van der Waals surface area contributed by atoms with Gasteiger partial charge in [0.05, 0.1) is 22.8 Å². The first-order chi connectivity index (χ1) is 17.0. The number of allylic oxidation sites excluding steroid dienone is 1. The minimum Gasteiger partial charge on any atom is -0.490 e. The van der Waals surface area contributed by atoms with Crippen LogP contribution in [-0.4, -0.2) is 43.0 Å². The van der Waals surface area contributed by atoms with Gasteiger partial charge in [0.2, 0.25) is 0 Å². The molecule has 1 saturated heterocycles. The van der Waals surface area contributed by atoms with E-state index in [-0.39, 0.29) is 35.9 Å². The quantitative estimate of drug-likeness (QED) is 0.403. The Bertz CT molecular complexity index is 1350. The summed E-state index contributed by atoms with van der Waals surface area (Å²) < 4.78 is 58.6. The van der Waals surface area contributed by atoms with Crippen molar-refractivity contribution in [2.75, 3.05) is 23.0 Å². The second-order valence-electron chi connectivity index (χ2n) is 11.7. The SMILES string of the molecule is C=C1N(c2cc(OCC(C)(C)F)ccn2)c2cc(F)c(C(=O)CC3(C)CCS(=O)(=O)CC3)cc2C1(C)C. The number of ketones is 1. The van der Waals surface area contributed by atoms with Gasteiger partial charge in [-0.3, -0.25) is 9.69 Å². The van der Waals surface area contributed by atoms with Crippen molar-refractivity contribution in [2.24, 2.45) is 5.41 Å². The third-order valence-electron chi connectivity index (χ3n) is 7.44. The van der Waals surface area contributed by atoms with Crippen LogP contribution in [0.5, 0.6) is 5.75 Å². The van der Waals surface area contributed by atoms with Crippen LogP contribution in [0.4, 0.5) is 20.3 Å². The molecular weight excluding hydrogens is 498 g/mol. The number of rotatable bonds is 7. The molecule has 0 aliphatic carbocycles. The van der Waals surface area contributed by atoms with Gasteiger partial charge in [-0.2, -0.15) is 0 Å². The number of Topliss-reactive ketones (excluding diaryl/α,β-unsaturated/α-hetero) is 1. The first kappa shape index (κ1) is 27.2. The summed E-state index contributed by atoms with van der Waals surface area (Å²) in [6, 6.07) is 6.19. The Balaban J connectivity index is 1.65. The van der Waals surface area contributed by atoms with E-state index < -0.39 is 32.2 Å². The van der Waals surface area contributed by atoms with Gasteiger partial charge >= 0.3 is 0 Å². The molecule has 0 saturated carbocycles. The second-order valence-corrected chi connectivity index (χ2v) is 14.0. The molecule has 0 bridgehead atoms. The molecule has 2 aromatic rings. The Kier molecular flexibility index (Phi) is 6.76. The second kappa shape index (κ2) is 9.19. The fourth-order valence-electron chi connectivity index (χ4n) is 4.86. The number of hydrogen-bond donors (Lipinski definition) is 0. The third kappa shape index (κ3) is 5.56. The van der Waals surface area contributed by atoms with Crippen LogP contribution in [-0.2, 0) is 15.3 Å². The maximum absolute atomic E-state index is 15.4. The van der Waals surface area contributed by atoms with Gasteiger partial charge in [-0.1, -0.05) is 27.4 Å². The summed E-state index contributed by atoms with van der Waals surface area (Å²) in [5.41, 5.74) is -0.730. The molecule has 1 aromatic heterocycles. The normalized spacial score (nSPS) is 20.0. The number of fused-ring (bicyclic) bond motifs is 1. The topological polar surface area (TPSA) is 76.6 Å². The van der Waals surface area contributed by atoms with Crippen LogP contribution in [0.25, 0.3) is 0 Å². The highest BCUT2D eigenvalue weighted by atomic mass is 32.2. The summed E-state index contributed by atoms with van der Waals surface area (Å²) in [5, 5.41) is 0. The molecule has 1 fully saturated rings. The lowest BCUT2D eigenvalue weighted by molar-refractivity contribution is 0.0907. The zero-order valence-electron chi connectivity index (χ0n) is 22.0. The van der Waals surface area contributed by atoms with E-state index in [2.05, 4.69) is 11.6 Å². The van der Waals surface area contributed by atoms with Crippen molar-refractivity contribution < 1.29 is 26.7 Å². The predicted molar refractivity (Wildman–Crippen MR) is 141 cm³/mol. The molecular formula is C28H34F2N2O4S. The fraction of sp³-hybridized carbons (Fsp3) is 0.500. The lowest BCUT2D eigenvalue weighted by Gasteiger charge is -2.32. The van der Waals surface area contributed by atoms with Gasteiger partial charge in [-0.05, 0) is 55.9 Å². The lowest BCUT2D eigenvalue weighted by Crippen LogP contribution is -2.33. The Morgan fingerprint density at radius 3 is 2.46 bits per heavy atom. The van der Waals surface area contributed by atoms with Crippen molar-refractivity contribution in [3.8, 4) is 5.75 Å². The van der Waals surface area contributed by atoms with Crippen LogP contribution >= 0.6 is 0 Å². The van der Waals surface area contributed by atoms with Gasteiger partial charge in [0.1, 0.15) is 39.5 Å². The standard InChI is InChI=1S/C28H34F2N2O4S/c1-18-27(4,5)21-14-20(24(33)16-28(6)8-11-37(34,35)12-9-28)22(29)15-23(21)32(18)25-13-19(7-10-31-25)36-17-26(2,3)30/h7,10,13-15H,1,8-9,11-12,16-17H2,2-6H3. The third-order valence-corrected chi connectivity index (χ3v) is 9.09. The lowest BCUT2D eigenvalue weighted by atomic mass is 9.77. The highest BCUT2D eigenvalue weighted by molar-refractivity contribution is 7.91. The fourth-order valence-corrected chi connectivity index (χ4v) is 6.67. The Labute approximate surface area is 217 Å². The molecule has 6 nitrogen and oxygen atoms in total. The number of aromatic nitrogens is 1. The summed E-state index contributed by atoms with van der Waals surface area (Å²) in [7, 11) is -3.07. The van der Waals surface area contributed by atoms with Crippen molar-refractivity contribution in [3.63, 3.8) is 0 Å². The summed E-state index contributed by atoms with van der Waals surface area (Å²) in [6.45, 7) is 12.7. The molecule has 9 heteroatoms. The van der Waals surface area contributed by atoms with E-state index >= 15 is 4.39 Å². The molecule has 2 aliphatic rings. The largest absolute Gasteiger partial charge is 0.490 e. The molecule has 4 rings (SSSR count). The summed E-state index contributed by atoms with van der Waals surface area (Å²) >= 11 is 0. The van der Waals surface area contributed by atoms with E-state index in [1.165, 1.54) is 26.1 Å². The number of carbonyl (C=O) groups excluding carboxylic acids is 1. The number of alkyl halides is 1. The van der Waals surface area contributed by atoms with Crippen molar-refractivity contribution in [3.05, 3.63) is 59.7 Å². The Morgan fingerprint density at radius 2 is 1.84 bits per heavy atom. The van der Waals surface area contributed by atoms with Crippen LogP contribution in [0.15, 0.2) is 42.7 Å². The summed E-state index contributed by atoms with van der Waals surface area (Å²) in [6.07, 6.45) is 2.38. The molecule has 3 heterocycles. The van der Waals surface area contributed by atoms with Gasteiger partial charge in [-0.15, -0.1) is 0 Å². The highest BCUT2D eigenvalue weighted by Gasteiger charge is 2.42. The van der Waals surface area contributed by atoms with Crippen LogP contribution < -0.4 is 9.64 Å². The minimum absolute atomic E-state index is 0.00801. The van der Waals surface area contributed by atoms with Gasteiger partial charge in [0.15, 0.2) is 5.78 Å². The number of sulfone groups is 1. The number of anilines is 2. The maximum atomic E-state index is 15.4. The first-order valence-electron chi connectivity index (χ1n) is 12.4. The zero-order chi connectivity index (χ0) is 27.4. The van der Waals surface area contributed by atoms with Crippen molar-refractivity contribution in [2.45, 2.75) is 65.0 Å². The Morgan fingerprint density at radius 1 is 1.19 bits per heavy atom. The molecule has 0 spiro atoms. The molecule has 37 heavy (non-hydrogen) atoms. The molecule has 200 valence electrons. The van der Waals surface area contributed by atoms with E-state index in [4.69, 9.17) is 4.74 Å². The number of benzene rings is 1. The maximum Gasteiger partial charge on any atom is 0.166 e. The van der Waals surface area contributed by atoms with Gasteiger partial charge in [-0.25, -0.2) is 22.2 Å². The summed E-state index contributed by atoms with van der Waals surface area (Å²) in [4.78, 5) is 19.4. The number of nitrogens with zero attached hydrogens (tertiary/aromatic N) is 2. The number of carbonyl (C=O) groups is 1. The van der Waals surface area contributed by atoms with Crippen LogP contribution in [0.3, 0.4) is 0 Å². The van der Waals surface area contributed by atoms with E-state index in [0.29, 0.717) is 35.8 Å². The average Bonchev–Trinajstić information content (AvgIpc) is 2.98. The van der Waals surface area contributed by atoms with Crippen LogP contribution in [0.1, 0.15) is 69.8 Å². The smallest absolute Gasteiger partial charge is 0.166 e. The van der Waals surface area contributed by atoms with Crippen molar-refractivity contribution in [1.29, 1.82) is 0 Å². The van der Waals surface area contributed by atoms with Gasteiger partial charge in [0, 0.05) is 29.8 Å². The van der Waals surface area contributed by atoms with Gasteiger partial charge in [0.25, 0.3) is 0 Å². The molecule has 0 radical (unpaired) electrons. The number of hydrogen-bond acceptors (Lipinski definition) is 6. The molecule has 1 aromatic carbocycles. The predicted octanol–water partition coefficient (Wildman–Crippen LogP) is 6.08. The van der Waals surface area contributed by atoms with Crippen LogP contribution in [0.2, 0.25) is 0 Å². The molecule has 2 aliphatic heterocycles. The van der Waals surface area contributed by atoms with E-state index in [0.717, 1.165) is 5.56 Å². The Hall–Kier alpha value is -2.81. The van der Waals surface area contributed by atoms with Gasteiger partial charge < -0.3 is 4.74 Å². The number of halogens is 2. The molecule has 0 N–H and O–H groups in total. The first-order valence-corrected chi connectivity index (χ1v) is 14.2. The van der Waals surface area contributed by atoms with E-state index in [1.54, 1.807) is 23.1 Å². The average molecular weight is 533 g/mol. The molecule has 0 unspecified atom stereocenters. The van der Waals surface area contributed by atoms with E-state index in [1.807, 2.05) is 20.8 Å². The van der Waals surface area contributed by atoms with Crippen molar-refractivity contribution in [1.82, 2.24) is 4.98 Å². The van der Waals surface area contributed by atoms with E-state index in [9.17, 15) is 17.6 Å². The number of ether oxygens (including phenoxy) is 1. The monoisotopic (exact) mass is 532 g/mol. The zero-order valence-corrected chi connectivity index (χ0v) is 22.8. The molecule has 0 amide bonds. The number of pyridine rings is 1. The summed E-state index contributed by atoms with van der Waals surface area (Å²) in [5.74, 6) is -0.0411.